The van der Waals surface area contributed by atoms with Crippen molar-refractivity contribution in [3.05, 3.63) is 200 Å². The van der Waals surface area contributed by atoms with Crippen molar-refractivity contribution in [2.45, 2.75) is 0 Å². The minimum Gasteiger partial charge on any atom is -0.497 e. The predicted octanol–water partition coefficient (Wildman–Crippen LogP) is 14.5. The summed E-state index contributed by atoms with van der Waals surface area (Å²) in [5, 5.41) is 6.64. The Balaban J connectivity index is 1.16. The maximum atomic E-state index is 6.62. The van der Waals surface area contributed by atoms with Crippen LogP contribution in [0.4, 0.5) is 34.1 Å². The van der Waals surface area contributed by atoms with Crippen LogP contribution in [-0.2, 0) is 0 Å². The van der Waals surface area contributed by atoms with E-state index in [0.717, 1.165) is 83.4 Å². The molecule has 0 aliphatic rings. The number of hydrogen-bond donors (Lipinski definition) is 0. The molecule has 4 nitrogen and oxygen atoms in total. The van der Waals surface area contributed by atoms with Crippen LogP contribution in [0.25, 0.3) is 54.6 Å². The second-order valence-electron chi connectivity index (χ2n) is 13.7. The van der Waals surface area contributed by atoms with E-state index in [4.69, 9.17) is 9.15 Å². The Labute approximate surface area is 319 Å². The van der Waals surface area contributed by atoms with Crippen molar-refractivity contribution < 1.29 is 9.15 Å². The Hall–Kier alpha value is -7.30. The summed E-state index contributed by atoms with van der Waals surface area (Å²) >= 11 is 0. The topological polar surface area (TPSA) is 28.9 Å². The molecule has 1 heterocycles. The Morgan fingerprint density at radius 2 is 0.891 bits per heavy atom. The zero-order valence-electron chi connectivity index (χ0n) is 30.3. The molecule has 4 heteroatoms. The predicted molar refractivity (Wildman–Crippen MR) is 230 cm³/mol. The zero-order valence-corrected chi connectivity index (χ0v) is 30.3. The monoisotopic (exact) mass is 708 g/mol. The molecule has 1 aromatic heterocycles. The van der Waals surface area contributed by atoms with Crippen molar-refractivity contribution in [3.8, 4) is 16.9 Å². The number of ether oxygens (including phenoxy) is 1. The number of fused-ring (bicyclic) bond motifs is 8. The second-order valence-corrected chi connectivity index (χ2v) is 13.7. The Bertz CT molecular complexity index is 2960. The summed E-state index contributed by atoms with van der Waals surface area (Å²) in [6.45, 7) is 0. The molecule has 0 saturated carbocycles. The molecule has 0 fully saturated rings. The second kappa shape index (κ2) is 13.6. The number of rotatable bonds is 8. The lowest BCUT2D eigenvalue weighted by molar-refractivity contribution is 0.415. The minimum absolute atomic E-state index is 0.814. The van der Waals surface area contributed by atoms with Crippen LogP contribution >= 0.6 is 0 Å². The highest BCUT2D eigenvalue weighted by Crippen LogP contribution is 2.46. The van der Waals surface area contributed by atoms with E-state index in [1.165, 1.54) is 11.1 Å². The van der Waals surface area contributed by atoms with E-state index in [-0.39, 0.29) is 0 Å². The Morgan fingerprint density at radius 3 is 1.58 bits per heavy atom. The maximum Gasteiger partial charge on any atom is 0.143 e. The van der Waals surface area contributed by atoms with Crippen molar-refractivity contribution in [2.75, 3.05) is 16.9 Å². The third-order valence-corrected chi connectivity index (χ3v) is 10.5. The average Bonchev–Trinajstić information content (AvgIpc) is 3.65. The lowest BCUT2D eigenvalue weighted by atomic mass is 9.96. The van der Waals surface area contributed by atoms with Crippen LogP contribution < -0.4 is 14.5 Å². The molecule has 262 valence electrons. The molecule has 0 aliphatic carbocycles. The van der Waals surface area contributed by atoms with Crippen LogP contribution in [0.2, 0.25) is 0 Å². The highest BCUT2D eigenvalue weighted by atomic mass is 16.5. The van der Waals surface area contributed by atoms with Gasteiger partial charge in [-0.25, -0.2) is 0 Å². The molecule has 10 rings (SSSR count). The smallest absolute Gasteiger partial charge is 0.143 e. The fourth-order valence-corrected chi connectivity index (χ4v) is 7.94. The number of para-hydroxylation sites is 3. The zero-order chi connectivity index (χ0) is 36.7. The molecule has 0 aliphatic heterocycles. The largest absolute Gasteiger partial charge is 0.497 e. The van der Waals surface area contributed by atoms with Crippen molar-refractivity contribution in [1.82, 2.24) is 0 Å². The van der Waals surface area contributed by atoms with Crippen molar-refractivity contribution >= 4 is 77.6 Å². The quantitative estimate of drug-likeness (QED) is 0.147. The maximum absolute atomic E-state index is 6.62. The summed E-state index contributed by atoms with van der Waals surface area (Å²) in [5.74, 6) is 0.814. The van der Waals surface area contributed by atoms with Crippen LogP contribution in [0.1, 0.15) is 0 Å². The molecule has 0 amide bonds. The van der Waals surface area contributed by atoms with Gasteiger partial charge >= 0.3 is 0 Å². The van der Waals surface area contributed by atoms with Gasteiger partial charge in [0.25, 0.3) is 0 Å². The first-order valence-corrected chi connectivity index (χ1v) is 18.5. The van der Waals surface area contributed by atoms with Gasteiger partial charge in [0, 0.05) is 50.3 Å². The van der Waals surface area contributed by atoms with Gasteiger partial charge in [0.15, 0.2) is 0 Å². The molecule has 55 heavy (non-hydrogen) atoms. The third kappa shape index (κ3) is 5.72. The van der Waals surface area contributed by atoms with Gasteiger partial charge in [-0.1, -0.05) is 109 Å². The van der Waals surface area contributed by atoms with Crippen molar-refractivity contribution in [3.63, 3.8) is 0 Å². The van der Waals surface area contributed by atoms with Crippen LogP contribution in [0.5, 0.6) is 5.75 Å². The molecule has 0 bridgehead atoms. The highest BCUT2D eigenvalue weighted by molar-refractivity contribution is 6.30. The standard InChI is InChI=1S/C51H36N2O2/c1-54-43-29-31-45-47(34-43)44-30-28-42(33-48(44)50-46-22-11-12-23-49(46)55-51(45)50)53(38-18-9-4-10-19-38)41-21-13-20-40(32-41)52(37-16-7-3-8-17-37)39-26-24-36(25-27-39)35-14-5-2-6-15-35/h2-34H,1H3. The number of methoxy groups -OCH3 is 1. The van der Waals surface area contributed by atoms with Gasteiger partial charge in [-0.05, 0) is 118 Å². The lowest BCUT2D eigenvalue weighted by Crippen LogP contribution is -2.13. The van der Waals surface area contributed by atoms with E-state index in [0.29, 0.717) is 0 Å². The Kier molecular flexibility index (Phi) is 8.00. The number of furan rings is 1. The summed E-state index contributed by atoms with van der Waals surface area (Å²) in [6, 6.07) is 70.7. The van der Waals surface area contributed by atoms with E-state index < -0.39 is 0 Å². The first-order valence-electron chi connectivity index (χ1n) is 18.5. The van der Waals surface area contributed by atoms with Crippen LogP contribution in [-0.4, -0.2) is 7.11 Å². The molecule has 0 atom stereocenters. The highest BCUT2D eigenvalue weighted by Gasteiger charge is 2.21. The summed E-state index contributed by atoms with van der Waals surface area (Å²) in [6.07, 6.45) is 0. The van der Waals surface area contributed by atoms with E-state index in [1.807, 2.05) is 12.1 Å². The number of benzene rings is 9. The molecule has 0 radical (unpaired) electrons. The van der Waals surface area contributed by atoms with Crippen molar-refractivity contribution in [1.29, 1.82) is 0 Å². The summed E-state index contributed by atoms with van der Waals surface area (Å²) in [5.41, 5.74) is 10.5. The van der Waals surface area contributed by atoms with E-state index >= 15 is 0 Å². The lowest BCUT2D eigenvalue weighted by Gasteiger charge is -2.29. The van der Waals surface area contributed by atoms with Gasteiger partial charge in [-0.2, -0.15) is 0 Å². The van der Waals surface area contributed by atoms with Crippen LogP contribution in [0.15, 0.2) is 205 Å². The minimum atomic E-state index is 0.814. The number of nitrogens with zero attached hydrogens (tertiary/aromatic N) is 2. The fourth-order valence-electron chi connectivity index (χ4n) is 7.94. The third-order valence-electron chi connectivity index (χ3n) is 10.5. The van der Waals surface area contributed by atoms with E-state index in [2.05, 4.69) is 198 Å². The van der Waals surface area contributed by atoms with Crippen LogP contribution in [0, 0.1) is 0 Å². The fraction of sp³-hybridized carbons (Fsp3) is 0.0196. The molecule has 10 aromatic rings. The van der Waals surface area contributed by atoms with Gasteiger partial charge in [0.2, 0.25) is 0 Å². The first-order chi connectivity index (χ1) is 27.2. The van der Waals surface area contributed by atoms with Crippen molar-refractivity contribution in [2.24, 2.45) is 0 Å². The molecular weight excluding hydrogens is 673 g/mol. The first kappa shape index (κ1) is 32.4. The van der Waals surface area contributed by atoms with Gasteiger partial charge < -0.3 is 19.0 Å². The van der Waals surface area contributed by atoms with Gasteiger partial charge in [0.05, 0.1) is 7.11 Å². The summed E-state index contributed by atoms with van der Waals surface area (Å²) < 4.78 is 12.3. The summed E-state index contributed by atoms with van der Waals surface area (Å²) in [7, 11) is 1.71. The van der Waals surface area contributed by atoms with Gasteiger partial charge in [-0.15, -0.1) is 0 Å². The molecule has 0 spiro atoms. The van der Waals surface area contributed by atoms with Gasteiger partial charge in [0.1, 0.15) is 16.9 Å². The molecule has 0 unspecified atom stereocenters. The molecule has 9 aromatic carbocycles. The van der Waals surface area contributed by atoms with E-state index in [9.17, 15) is 0 Å². The number of anilines is 6. The molecule has 0 saturated heterocycles. The Morgan fingerprint density at radius 1 is 0.364 bits per heavy atom. The molecule has 0 N–H and O–H groups in total. The SMILES string of the molecule is COc1ccc2c(c1)c1ccc(N(c3ccccc3)c3cccc(N(c4ccccc4)c4ccc(-c5ccccc5)cc4)c3)cc1c1c3ccccc3oc21. The van der Waals surface area contributed by atoms with Gasteiger partial charge in [-0.3, -0.25) is 0 Å². The summed E-state index contributed by atoms with van der Waals surface area (Å²) in [4.78, 5) is 4.66. The normalized spacial score (nSPS) is 11.4. The number of hydrogen-bond acceptors (Lipinski definition) is 4. The van der Waals surface area contributed by atoms with Crippen LogP contribution in [0.3, 0.4) is 0 Å². The molecular formula is C51H36N2O2. The average molecular weight is 709 g/mol. The van der Waals surface area contributed by atoms with E-state index in [1.54, 1.807) is 7.11 Å².